The van der Waals surface area contributed by atoms with Crippen molar-refractivity contribution in [2.24, 2.45) is 5.92 Å². The molecule has 152 valence electrons. The highest BCUT2D eigenvalue weighted by molar-refractivity contribution is 6.23. The summed E-state index contributed by atoms with van der Waals surface area (Å²) in [6.45, 7) is 1.66. The molecule has 1 aromatic carbocycles. The second kappa shape index (κ2) is 7.03. The van der Waals surface area contributed by atoms with E-state index in [1.807, 2.05) is 6.07 Å². The highest BCUT2D eigenvalue weighted by atomic mass is 16.2. The Balaban J connectivity index is 1.30. The largest absolute Gasteiger partial charge is 0.314 e. The first-order valence-corrected chi connectivity index (χ1v) is 10.3. The summed E-state index contributed by atoms with van der Waals surface area (Å²) in [5.41, 5.74) is 1.61. The molecular weight excluding hydrogens is 372 g/mol. The summed E-state index contributed by atoms with van der Waals surface area (Å²) >= 11 is 0. The number of imide groups is 2. The van der Waals surface area contributed by atoms with Gasteiger partial charge in [-0.3, -0.25) is 29.4 Å². The van der Waals surface area contributed by atoms with Gasteiger partial charge in [0.2, 0.25) is 11.8 Å². The third-order valence-electron chi connectivity index (χ3n) is 6.78. The summed E-state index contributed by atoms with van der Waals surface area (Å²) < 4.78 is 0. The van der Waals surface area contributed by atoms with Crippen molar-refractivity contribution >= 4 is 23.6 Å². The summed E-state index contributed by atoms with van der Waals surface area (Å²) in [6.07, 6.45) is 3.87. The first-order chi connectivity index (χ1) is 14.0. The minimum atomic E-state index is -0.924. The van der Waals surface area contributed by atoms with Gasteiger partial charge < -0.3 is 10.6 Å². The highest BCUT2D eigenvalue weighted by Crippen LogP contribution is 2.34. The lowest BCUT2D eigenvalue weighted by Gasteiger charge is -2.47. The van der Waals surface area contributed by atoms with Crippen molar-refractivity contribution in [2.75, 3.05) is 6.54 Å². The smallest absolute Gasteiger partial charge is 0.262 e. The van der Waals surface area contributed by atoms with Gasteiger partial charge in [-0.05, 0) is 55.8 Å². The molecule has 4 amide bonds. The van der Waals surface area contributed by atoms with Gasteiger partial charge in [0.25, 0.3) is 11.8 Å². The van der Waals surface area contributed by atoms with Crippen molar-refractivity contribution in [1.29, 1.82) is 0 Å². The van der Waals surface area contributed by atoms with E-state index in [-0.39, 0.29) is 18.7 Å². The minimum absolute atomic E-state index is 0.122. The van der Waals surface area contributed by atoms with Gasteiger partial charge in [-0.15, -0.1) is 0 Å². The first kappa shape index (κ1) is 18.4. The molecule has 8 nitrogen and oxygen atoms in total. The summed E-state index contributed by atoms with van der Waals surface area (Å²) in [5, 5.41) is 9.39. The Bertz CT molecular complexity index is 914. The standard InChI is InChI=1S/C21H24N4O4/c26-18-6-5-17(19(27)24-18)25-20(28)12-2-1-11(9-14(12)21(25)29)10-23-16-7-8-22-15-4-3-13(15)16/h1-2,9,13,15-17,22-23H,3-8,10H2,(H,24,26,27). The maximum atomic E-state index is 12.9. The van der Waals surface area contributed by atoms with Crippen molar-refractivity contribution in [2.45, 2.75) is 56.8 Å². The number of nitrogens with zero attached hydrogens (tertiary/aromatic N) is 1. The molecule has 1 aliphatic carbocycles. The van der Waals surface area contributed by atoms with Gasteiger partial charge in [-0.2, -0.15) is 0 Å². The fraction of sp³-hybridized carbons (Fsp3) is 0.524. The normalized spacial score (nSPS) is 31.2. The molecule has 4 unspecified atom stereocenters. The molecule has 0 spiro atoms. The first-order valence-electron chi connectivity index (χ1n) is 10.3. The molecule has 1 aromatic rings. The number of benzene rings is 1. The average molecular weight is 396 g/mol. The fourth-order valence-corrected chi connectivity index (χ4v) is 5.03. The zero-order valence-electron chi connectivity index (χ0n) is 16.1. The number of piperidine rings is 2. The Hall–Kier alpha value is -2.58. The van der Waals surface area contributed by atoms with E-state index in [0.29, 0.717) is 35.7 Å². The molecule has 3 heterocycles. The van der Waals surface area contributed by atoms with E-state index in [1.165, 1.54) is 12.8 Å². The molecule has 0 bridgehead atoms. The molecule has 3 N–H and O–H groups in total. The van der Waals surface area contributed by atoms with Gasteiger partial charge >= 0.3 is 0 Å². The number of hydrogen-bond donors (Lipinski definition) is 3. The van der Waals surface area contributed by atoms with Crippen LogP contribution in [0.15, 0.2) is 18.2 Å². The Morgan fingerprint density at radius 3 is 2.59 bits per heavy atom. The zero-order chi connectivity index (χ0) is 20.1. The second-order valence-electron chi connectivity index (χ2n) is 8.41. The molecule has 29 heavy (non-hydrogen) atoms. The molecule has 0 radical (unpaired) electrons. The van der Waals surface area contributed by atoms with Gasteiger partial charge in [0.1, 0.15) is 6.04 Å². The van der Waals surface area contributed by atoms with E-state index in [4.69, 9.17) is 0 Å². The topological polar surface area (TPSA) is 108 Å². The maximum Gasteiger partial charge on any atom is 0.262 e. The van der Waals surface area contributed by atoms with Crippen LogP contribution < -0.4 is 16.0 Å². The second-order valence-corrected chi connectivity index (χ2v) is 8.41. The summed E-state index contributed by atoms with van der Waals surface area (Å²) in [6, 6.07) is 5.47. The number of amides is 4. The predicted octanol–water partition coefficient (Wildman–Crippen LogP) is 0.318. The van der Waals surface area contributed by atoms with E-state index in [0.717, 1.165) is 23.4 Å². The molecule has 4 aliphatic rings. The van der Waals surface area contributed by atoms with Gasteiger partial charge in [-0.25, -0.2) is 0 Å². The van der Waals surface area contributed by atoms with E-state index >= 15 is 0 Å². The van der Waals surface area contributed by atoms with Gasteiger partial charge in [0.05, 0.1) is 11.1 Å². The van der Waals surface area contributed by atoms with E-state index in [2.05, 4.69) is 16.0 Å². The van der Waals surface area contributed by atoms with Crippen LogP contribution in [0.1, 0.15) is 58.4 Å². The van der Waals surface area contributed by atoms with E-state index < -0.39 is 23.8 Å². The highest BCUT2D eigenvalue weighted by Gasteiger charge is 2.44. The quantitative estimate of drug-likeness (QED) is 0.633. The number of carbonyl (C=O) groups is 4. The van der Waals surface area contributed by atoms with Crippen LogP contribution in [0.5, 0.6) is 0 Å². The van der Waals surface area contributed by atoms with Crippen LogP contribution in [0, 0.1) is 5.92 Å². The van der Waals surface area contributed by atoms with Crippen LogP contribution >= 0.6 is 0 Å². The lowest BCUT2D eigenvalue weighted by atomic mass is 9.71. The molecule has 0 aromatic heterocycles. The van der Waals surface area contributed by atoms with Crippen LogP contribution in [0.3, 0.4) is 0 Å². The molecule has 8 heteroatoms. The molecule has 1 saturated carbocycles. The Labute approximate surface area is 168 Å². The molecule has 3 aliphatic heterocycles. The average Bonchev–Trinajstić information content (AvgIpc) is 2.92. The Morgan fingerprint density at radius 2 is 1.83 bits per heavy atom. The van der Waals surface area contributed by atoms with Gasteiger partial charge in [0.15, 0.2) is 0 Å². The number of rotatable bonds is 4. The summed E-state index contributed by atoms with van der Waals surface area (Å²) in [5.74, 6) is -1.21. The summed E-state index contributed by atoms with van der Waals surface area (Å²) in [7, 11) is 0. The SMILES string of the molecule is O=C1CCC(N2C(=O)c3ccc(CNC4CCNC5CCC54)cc3C2=O)C(=O)N1. The van der Waals surface area contributed by atoms with Gasteiger partial charge in [0, 0.05) is 25.0 Å². The van der Waals surface area contributed by atoms with Crippen LogP contribution in [-0.2, 0) is 16.1 Å². The van der Waals surface area contributed by atoms with Crippen LogP contribution in [0.4, 0.5) is 0 Å². The number of fused-ring (bicyclic) bond motifs is 2. The molecule has 3 fully saturated rings. The van der Waals surface area contributed by atoms with E-state index in [1.54, 1.807) is 12.1 Å². The molecular formula is C21H24N4O4. The predicted molar refractivity (Wildman–Crippen MR) is 103 cm³/mol. The van der Waals surface area contributed by atoms with Crippen LogP contribution in [0.2, 0.25) is 0 Å². The summed E-state index contributed by atoms with van der Waals surface area (Å²) in [4.78, 5) is 50.2. The number of nitrogens with one attached hydrogen (secondary N) is 3. The van der Waals surface area contributed by atoms with Crippen LogP contribution in [-0.4, -0.2) is 53.2 Å². The molecule has 2 saturated heterocycles. The minimum Gasteiger partial charge on any atom is -0.314 e. The maximum absolute atomic E-state index is 12.9. The third kappa shape index (κ3) is 3.07. The number of carbonyl (C=O) groups excluding carboxylic acids is 4. The Kier molecular flexibility index (Phi) is 4.48. The van der Waals surface area contributed by atoms with E-state index in [9.17, 15) is 19.2 Å². The van der Waals surface area contributed by atoms with Crippen molar-refractivity contribution in [3.05, 3.63) is 34.9 Å². The zero-order valence-corrected chi connectivity index (χ0v) is 16.1. The van der Waals surface area contributed by atoms with Crippen LogP contribution in [0.25, 0.3) is 0 Å². The third-order valence-corrected chi connectivity index (χ3v) is 6.78. The lowest BCUT2D eigenvalue weighted by molar-refractivity contribution is -0.136. The van der Waals surface area contributed by atoms with Crippen molar-refractivity contribution in [3.8, 4) is 0 Å². The Morgan fingerprint density at radius 1 is 1.00 bits per heavy atom. The van der Waals surface area contributed by atoms with Crippen molar-refractivity contribution in [3.63, 3.8) is 0 Å². The number of hydrogen-bond acceptors (Lipinski definition) is 6. The lowest BCUT2D eigenvalue weighted by Crippen LogP contribution is -2.58. The van der Waals surface area contributed by atoms with Crippen molar-refractivity contribution in [1.82, 2.24) is 20.9 Å². The molecule has 4 atom stereocenters. The fourth-order valence-electron chi connectivity index (χ4n) is 5.03. The van der Waals surface area contributed by atoms with Crippen molar-refractivity contribution < 1.29 is 19.2 Å². The monoisotopic (exact) mass is 396 g/mol. The van der Waals surface area contributed by atoms with Gasteiger partial charge in [-0.1, -0.05) is 6.07 Å². The molecule has 5 rings (SSSR count).